The third kappa shape index (κ3) is 5.45. The maximum absolute atomic E-state index is 13.6. The van der Waals surface area contributed by atoms with Crippen LogP contribution in [0.4, 0.5) is 35.5 Å². The number of halogens is 7. The molecular weight excluding hydrogens is 493 g/mol. The van der Waals surface area contributed by atoms with E-state index in [-0.39, 0.29) is 29.4 Å². The molecule has 0 bridgehead atoms. The smallest absolute Gasteiger partial charge is 0.370 e. The van der Waals surface area contributed by atoms with E-state index in [1.54, 1.807) is 12.1 Å². The molecule has 0 unspecified atom stereocenters. The van der Waals surface area contributed by atoms with Gasteiger partial charge in [0.15, 0.2) is 0 Å². The molecule has 2 fully saturated rings. The Balaban J connectivity index is 1.66. The van der Waals surface area contributed by atoms with Crippen LogP contribution < -0.4 is 5.73 Å². The van der Waals surface area contributed by atoms with Gasteiger partial charge in [0.25, 0.3) is 0 Å². The lowest BCUT2D eigenvalue weighted by atomic mass is 9.69. The molecule has 4 nitrogen and oxygen atoms in total. The minimum absolute atomic E-state index is 0.0830. The minimum Gasteiger partial charge on any atom is -0.370 e. The van der Waals surface area contributed by atoms with Crippen LogP contribution in [0.1, 0.15) is 54.0 Å². The van der Waals surface area contributed by atoms with Crippen molar-refractivity contribution >= 4 is 6.03 Å². The summed E-state index contributed by atoms with van der Waals surface area (Å²) in [6.07, 6.45) is -10.5. The van der Waals surface area contributed by atoms with Crippen molar-refractivity contribution in [3.63, 3.8) is 0 Å². The summed E-state index contributed by atoms with van der Waals surface area (Å²) >= 11 is 0. The molecule has 0 aromatic heterocycles. The molecule has 1 aliphatic heterocycles. The Hall–Kier alpha value is -2.82. The molecule has 2 aromatic rings. The van der Waals surface area contributed by atoms with Crippen molar-refractivity contribution in [3.05, 3.63) is 70.5 Å². The molecule has 2 aromatic carbocycles. The van der Waals surface area contributed by atoms with Crippen molar-refractivity contribution in [1.29, 1.82) is 0 Å². The van der Waals surface area contributed by atoms with Crippen LogP contribution in [-0.4, -0.2) is 30.1 Å². The summed E-state index contributed by atoms with van der Waals surface area (Å²) in [7, 11) is 0. The van der Waals surface area contributed by atoms with Crippen molar-refractivity contribution in [2.24, 2.45) is 17.6 Å². The summed E-state index contributed by atoms with van der Waals surface area (Å²) in [4.78, 5) is 13.3. The number of ether oxygens (including phenoxy) is 1. The fraction of sp³-hybridized carbons (Fsp3) is 0.480. The van der Waals surface area contributed by atoms with E-state index < -0.39 is 47.5 Å². The van der Waals surface area contributed by atoms with Crippen LogP contribution in [0.5, 0.6) is 0 Å². The van der Waals surface area contributed by atoms with E-state index in [1.807, 2.05) is 0 Å². The molecule has 1 saturated carbocycles. The summed E-state index contributed by atoms with van der Waals surface area (Å²) < 4.78 is 99.8. The zero-order valence-electron chi connectivity index (χ0n) is 19.2. The van der Waals surface area contributed by atoms with Crippen LogP contribution in [0, 0.1) is 17.7 Å². The first-order chi connectivity index (χ1) is 16.7. The van der Waals surface area contributed by atoms with E-state index >= 15 is 0 Å². The molecule has 2 amide bonds. The van der Waals surface area contributed by atoms with Crippen LogP contribution in [0.25, 0.3) is 0 Å². The van der Waals surface area contributed by atoms with E-state index in [1.165, 1.54) is 24.0 Å². The summed E-state index contributed by atoms with van der Waals surface area (Å²) in [5, 5.41) is 0. The molecule has 0 spiro atoms. The molecule has 196 valence electrons. The van der Waals surface area contributed by atoms with Crippen molar-refractivity contribution in [3.8, 4) is 0 Å². The van der Waals surface area contributed by atoms with Gasteiger partial charge in [-0.2, -0.15) is 26.3 Å². The number of hydrogen-bond acceptors (Lipinski definition) is 2. The number of nitrogens with zero attached hydrogens (tertiary/aromatic N) is 1. The number of benzene rings is 2. The standard InChI is InChI=1S/C25H25F7N2O2/c1-13(16-8-17(24(27,28)29)10-18(9-16)25(30,31)32)36-21-7-4-15-11-34(23(33)35)12-20(15)22(21)14-2-5-19(26)6-3-14/h2-3,5-6,8-10,13,15,20-22H,4,7,11-12H2,1H3,(H2,33,35)/t13-,15-,20-,21+,22+/m1/s1. The average molecular weight is 518 g/mol. The Bertz CT molecular complexity index is 1070. The number of alkyl halides is 6. The first-order valence-corrected chi connectivity index (χ1v) is 11.5. The molecule has 0 radical (unpaired) electrons. The monoisotopic (exact) mass is 518 g/mol. The molecule has 1 saturated heterocycles. The largest absolute Gasteiger partial charge is 0.416 e. The first kappa shape index (κ1) is 26.2. The summed E-state index contributed by atoms with van der Waals surface area (Å²) in [6.45, 7) is 2.19. The van der Waals surface area contributed by atoms with Crippen molar-refractivity contribution in [1.82, 2.24) is 4.90 Å². The average Bonchev–Trinajstić information content (AvgIpc) is 3.23. The summed E-state index contributed by atoms with van der Waals surface area (Å²) in [5.41, 5.74) is 3.12. The SMILES string of the molecule is C[C@@H](O[C@H]1CC[C@@H]2CN(C(N)=O)C[C@H]2[C@@H]1c1ccc(F)cc1)c1cc(C(F)(F)F)cc(C(F)(F)F)c1. The van der Waals surface area contributed by atoms with Gasteiger partial charge in [0, 0.05) is 19.0 Å². The topological polar surface area (TPSA) is 55.6 Å². The van der Waals surface area contributed by atoms with Gasteiger partial charge in [-0.3, -0.25) is 0 Å². The second-order valence-electron chi connectivity index (χ2n) is 9.48. The number of carbonyl (C=O) groups excluding carboxylic acids is 1. The van der Waals surface area contributed by atoms with E-state index in [0.717, 1.165) is 5.56 Å². The van der Waals surface area contributed by atoms with Crippen molar-refractivity contribution < 1.29 is 40.3 Å². The molecule has 2 aliphatic rings. The number of likely N-dealkylation sites (tertiary alicyclic amines) is 1. The Kier molecular flexibility index (Phi) is 6.98. The lowest BCUT2D eigenvalue weighted by Crippen LogP contribution is -2.38. The number of fused-ring (bicyclic) bond motifs is 1. The number of urea groups is 1. The van der Waals surface area contributed by atoms with Crippen molar-refractivity contribution in [2.75, 3.05) is 13.1 Å². The maximum Gasteiger partial charge on any atom is 0.416 e. The predicted molar refractivity (Wildman–Crippen MR) is 116 cm³/mol. The van der Waals surface area contributed by atoms with Gasteiger partial charge in [-0.25, -0.2) is 9.18 Å². The number of carbonyl (C=O) groups is 1. The van der Waals surface area contributed by atoms with Gasteiger partial charge in [-0.05, 0) is 73.1 Å². The van der Waals surface area contributed by atoms with Crippen LogP contribution in [0.2, 0.25) is 0 Å². The molecule has 2 N–H and O–H groups in total. The Morgan fingerprint density at radius 2 is 1.56 bits per heavy atom. The van der Waals surface area contributed by atoms with E-state index in [2.05, 4.69) is 0 Å². The molecule has 11 heteroatoms. The number of primary amides is 1. The van der Waals surface area contributed by atoms with E-state index in [4.69, 9.17) is 10.5 Å². The Labute approximate surface area is 203 Å². The minimum atomic E-state index is -4.97. The van der Waals surface area contributed by atoms with Crippen LogP contribution >= 0.6 is 0 Å². The van der Waals surface area contributed by atoms with Crippen LogP contribution in [0.3, 0.4) is 0 Å². The molecule has 1 aliphatic carbocycles. The zero-order valence-corrected chi connectivity index (χ0v) is 19.2. The van der Waals surface area contributed by atoms with Gasteiger partial charge in [0.1, 0.15) is 5.82 Å². The van der Waals surface area contributed by atoms with Gasteiger partial charge in [-0.15, -0.1) is 0 Å². The quantitative estimate of drug-likeness (QED) is 0.469. The molecule has 36 heavy (non-hydrogen) atoms. The third-order valence-electron chi connectivity index (χ3n) is 7.20. The van der Waals surface area contributed by atoms with Gasteiger partial charge in [0.05, 0.1) is 23.3 Å². The molecule has 5 atom stereocenters. The number of nitrogens with two attached hydrogens (primary N) is 1. The maximum atomic E-state index is 13.6. The predicted octanol–water partition coefficient (Wildman–Crippen LogP) is 6.51. The molecular formula is C25H25F7N2O2. The van der Waals surface area contributed by atoms with Gasteiger partial charge < -0.3 is 15.4 Å². The van der Waals surface area contributed by atoms with Gasteiger partial charge in [0.2, 0.25) is 0 Å². The normalized spacial score (nSPS) is 25.5. The van der Waals surface area contributed by atoms with Crippen LogP contribution in [-0.2, 0) is 17.1 Å². The molecule has 4 rings (SSSR count). The lowest BCUT2D eigenvalue weighted by molar-refractivity contribution is -0.143. The highest BCUT2D eigenvalue weighted by atomic mass is 19.4. The first-order valence-electron chi connectivity index (χ1n) is 11.5. The molecule has 1 heterocycles. The number of amides is 2. The number of hydrogen-bond donors (Lipinski definition) is 1. The van der Waals surface area contributed by atoms with Gasteiger partial charge in [-0.1, -0.05) is 12.1 Å². The second-order valence-corrected chi connectivity index (χ2v) is 9.48. The second kappa shape index (κ2) is 9.57. The fourth-order valence-corrected chi connectivity index (χ4v) is 5.48. The fourth-order valence-electron chi connectivity index (χ4n) is 5.48. The van der Waals surface area contributed by atoms with Crippen molar-refractivity contribution in [2.45, 2.75) is 50.2 Å². The van der Waals surface area contributed by atoms with E-state index in [9.17, 15) is 35.5 Å². The van der Waals surface area contributed by atoms with Crippen LogP contribution in [0.15, 0.2) is 42.5 Å². The van der Waals surface area contributed by atoms with E-state index in [0.29, 0.717) is 38.1 Å². The highest BCUT2D eigenvalue weighted by molar-refractivity contribution is 5.72. The highest BCUT2D eigenvalue weighted by Crippen LogP contribution is 2.48. The van der Waals surface area contributed by atoms with Gasteiger partial charge >= 0.3 is 18.4 Å². The zero-order chi connectivity index (χ0) is 26.4. The Morgan fingerprint density at radius 1 is 0.972 bits per heavy atom. The third-order valence-corrected chi connectivity index (χ3v) is 7.20. The number of rotatable bonds is 4. The highest BCUT2D eigenvalue weighted by Gasteiger charge is 2.47. The lowest BCUT2D eigenvalue weighted by Gasteiger charge is -2.41. The Morgan fingerprint density at radius 3 is 2.08 bits per heavy atom. The summed E-state index contributed by atoms with van der Waals surface area (Å²) in [5.74, 6) is -0.830. The summed E-state index contributed by atoms with van der Waals surface area (Å²) in [6, 6.07) is 6.58.